The first kappa shape index (κ1) is 27.5. The van der Waals surface area contributed by atoms with Gasteiger partial charge in [0.15, 0.2) is 18.1 Å². The molecule has 0 radical (unpaired) electrons. The van der Waals surface area contributed by atoms with Crippen LogP contribution >= 0.6 is 0 Å². The van der Waals surface area contributed by atoms with Crippen LogP contribution in [0.4, 0.5) is 10.1 Å². The predicted molar refractivity (Wildman–Crippen MR) is 153 cm³/mol. The standard InChI is InChI=1S/C31H32FN5O5/c1-21-27(34-42-33-21)18-35(2)17-24-15-22(23-4-10-29-30(16-23)41-20-40-29)3-9-28(24)39-19-31(38)37-13-11-36(12-14-37)26-7-5-25(32)6-8-26/h3-10,15-16H,11-14,17-20H2,1-2H3. The fourth-order valence-corrected chi connectivity index (χ4v) is 5.19. The Morgan fingerprint density at radius 3 is 2.43 bits per heavy atom. The van der Waals surface area contributed by atoms with E-state index in [9.17, 15) is 9.18 Å². The molecule has 0 atom stereocenters. The molecule has 0 N–H and O–H groups in total. The fraction of sp³-hybridized carbons (Fsp3) is 0.323. The van der Waals surface area contributed by atoms with Crippen molar-refractivity contribution in [2.75, 3.05) is 51.5 Å². The summed E-state index contributed by atoms with van der Waals surface area (Å²) in [7, 11) is 1.98. The third-order valence-corrected chi connectivity index (χ3v) is 7.55. The van der Waals surface area contributed by atoms with E-state index < -0.39 is 0 Å². The first-order chi connectivity index (χ1) is 20.4. The van der Waals surface area contributed by atoms with Crippen LogP contribution in [-0.2, 0) is 17.9 Å². The van der Waals surface area contributed by atoms with Crippen LogP contribution in [0.25, 0.3) is 11.1 Å². The second-order valence-corrected chi connectivity index (χ2v) is 10.5. The maximum Gasteiger partial charge on any atom is 0.260 e. The number of benzene rings is 3. The lowest BCUT2D eigenvalue weighted by Crippen LogP contribution is -2.50. The normalized spacial score (nSPS) is 14.5. The van der Waals surface area contributed by atoms with Gasteiger partial charge in [-0.25, -0.2) is 9.02 Å². The van der Waals surface area contributed by atoms with E-state index in [2.05, 4.69) is 26.2 Å². The molecule has 1 aromatic heterocycles. The number of rotatable bonds is 9. The topological polar surface area (TPSA) is 93.4 Å². The van der Waals surface area contributed by atoms with Gasteiger partial charge in [-0.15, -0.1) is 0 Å². The first-order valence-corrected chi connectivity index (χ1v) is 13.8. The highest BCUT2D eigenvalue weighted by molar-refractivity contribution is 5.78. The summed E-state index contributed by atoms with van der Waals surface area (Å²) in [6.07, 6.45) is 0. The van der Waals surface area contributed by atoms with E-state index in [-0.39, 0.29) is 25.1 Å². The van der Waals surface area contributed by atoms with Crippen molar-refractivity contribution in [1.29, 1.82) is 0 Å². The number of nitrogens with zero attached hydrogens (tertiary/aromatic N) is 5. The summed E-state index contributed by atoms with van der Waals surface area (Å²) in [6, 6.07) is 18.3. The molecular weight excluding hydrogens is 541 g/mol. The van der Waals surface area contributed by atoms with Crippen molar-refractivity contribution >= 4 is 11.6 Å². The number of piperazine rings is 1. The molecule has 10 nitrogen and oxygen atoms in total. The maximum atomic E-state index is 13.3. The number of halogens is 1. The van der Waals surface area contributed by atoms with Crippen LogP contribution in [0.1, 0.15) is 17.0 Å². The Morgan fingerprint density at radius 2 is 1.67 bits per heavy atom. The number of hydrogen-bond donors (Lipinski definition) is 0. The minimum atomic E-state index is -0.260. The van der Waals surface area contributed by atoms with Crippen LogP contribution in [0.15, 0.2) is 65.3 Å². The van der Waals surface area contributed by atoms with Gasteiger partial charge in [-0.2, -0.15) is 0 Å². The van der Waals surface area contributed by atoms with E-state index >= 15 is 0 Å². The summed E-state index contributed by atoms with van der Waals surface area (Å²) in [5.41, 5.74) is 5.37. The molecule has 1 saturated heterocycles. The van der Waals surface area contributed by atoms with E-state index in [0.29, 0.717) is 50.8 Å². The second-order valence-electron chi connectivity index (χ2n) is 10.5. The third-order valence-electron chi connectivity index (χ3n) is 7.55. The monoisotopic (exact) mass is 573 g/mol. The summed E-state index contributed by atoms with van der Waals surface area (Å²) >= 11 is 0. The van der Waals surface area contributed by atoms with Gasteiger partial charge in [0.1, 0.15) is 23.0 Å². The Hall–Kier alpha value is -4.64. The van der Waals surface area contributed by atoms with Crippen LogP contribution in [0.5, 0.6) is 17.2 Å². The molecule has 0 spiro atoms. The predicted octanol–water partition coefficient (Wildman–Crippen LogP) is 4.27. The molecule has 0 aliphatic carbocycles. The maximum absolute atomic E-state index is 13.3. The largest absolute Gasteiger partial charge is 0.483 e. The zero-order valence-corrected chi connectivity index (χ0v) is 23.6. The number of ether oxygens (including phenoxy) is 3. The van der Waals surface area contributed by atoms with E-state index in [1.54, 1.807) is 12.1 Å². The van der Waals surface area contributed by atoms with Crippen molar-refractivity contribution < 1.29 is 28.0 Å². The highest BCUT2D eigenvalue weighted by Crippen LogP contribution is 2.37. The summed E-state index contributed by atoms with van der Waals surface area (Å²) in [4.78, 5) is 19.2. The number of fused-ring (bicyclic) bond motifs is 1. The van der Waals surface area contributed by atoms with Gasteiger partial charge in [0.25, 0.3) is 5.91 Å². The minimum absolute atomic E-state index is 0.0665. The van der Waals surface area contributed by atoms with Gasteiger partial charge in [0.05, 0.1) is 0 Å². The van der Waals surface area contributed by atoms with Crippen molar-refractivity contribution in [1.82, 2.24) is 20.1 Å². The van der Waals surface area contributed by atoms with Gasteiger partial charge < -0.3 is 24.0 Å². The van der Waals surface area contributed by atoms with Gasteiger partial charge in [-0.3, -0.25) is 9.69 Å². The smallest absolute Gasteiger partial charge is 0.260 e. The molecule has 218 valence electrons. The van der Waals surface area contributed by atoms with E-state index in [1.165, 1.54) is 12.1 Å². The van der Waals surface area contributed by atoms with Crippen LogP contribution in [0, 0.1) is 12.7 Å². The number of aryl methyl sites for hydroxylation is 1. The number of anilines is 1. The number of amides is 1. The molecule has 2 aliphatic heterocycles. The Balaban J connectivity index is 1.14. The van der Waals surface area contributed by atoms with Crippen molar-refractivity contribution in [2.45, 2.75) is 20.0 Å². The molecule has 1 fully saturated rings. The Bertz CT molecular complexity index is 1550. The lowest BCUT2D eigenvalue weighted by molar-refractivity contribution is -0.133. The molecule has 11 heteroatoms. The van der Waals surface area contributed by atoms with E-state index in [0.717, 1.165) is 39.5 Å². The molecule has 0 bridgehead atoms. The van der Waals surface area contributed by atoms with Crippen molar-refractivity contribution in [3.8, 4) is 28.4 Å². The zero-order chi connectivity index (χ0) is 29.1. The molecule has 3 heterocycles. The Morgan fingerprint density at radius 1 is 0.929 bits per heavy atom. The average Bonchev–Trinajstić information content (AvgIpc) is 3.65. The number of hydrogen-bond acceptors (Lipinski definition) is 9. The average molecular weight is 574 g/mol. The minimum Gasteiger partial charge on any atom is -0.483 e. The molecule has 0 unspecified atom stereocenters. The Labute approximate surface area is 243 Å². The third kappa shape index (κ3) is 6.15. The van der Waals surface area contributed by atoms with Crippen molar-refractivity contribution in [3.63, 3.8) is 0 Å². The Kier molecular flexibility index (Phi) is 7.91. The molecular formula is C31H32FN5O5. The summed E-state index contributed by atoms with van der Waals surface area (Å²) in [5, 5.41) is 7.88. The van der Waals surface area contributed by atoms with Crippen LogP contribution in [0.3, 0.4) is 0 Å². The SMILES string of the molecule is Cc1nonc1CN(C)Cc1cc(-c2ccc3c(c2)OCO3)ccc1OCC(=O)N1CCN(c2ccc(F)cc2)CC1. The molecule has 2 aliphatic rings. The quantitative estimate of drug-likeness (QED) is 0.291. The van der Waals surface area contributed by atoms with Gasteiger partial charge in [0.2, 0.25) is 6.79 Å². The van der Waals surface area contributed by atoms with Gasteiger partial charge in [0, 0.05) is 50.5 Å². The van der Waals surface area contributed by atoms with Crippen molar-refractivity contribution in [2.24, 2.45) is 0 Å². The second kappa shape index (κ2) is 12.1. The molecule has 42 heavy (non-hydrogen) atoms. The van der Waals surface area contributed by atoms with Crippen LogP contribution in [0.2, 0.25) is 0 Å². The molecule has 0 saturated carbocycles. The number of carbonyl (C=O) groups is 1. The molecule has 6 rings (SSSR count). The number of carbonyl (C=O) groups excluding carboxylic acids is 1. The van der Waals surface area contributed by atoms with Crippen LogP contribution < -0.4 is 19.1 Å². The lowest BCUT2D eigenvalue weighted by Gasteiger charge is -2.36. The summed E-state index contributed by atoms with van der Waals surface area (Å²) < 4.78 is 35.3. The summed E-state index contributed by atoms with van der Waals surface area (Å²) in [6.45, 7) is 5.59. The molecule has 3 aromatic carbocycles. The fourth-order valence-electron chi connectivity index (χ4n) is 5.19. The highest BCUT2D eigenvalue weighted by Gasteiger charge is 2.23. The van der Waals surface area contributed by atoms with Gasteiger partial charge >= 0.3 is 0 Å². The van der Waals surface area contributed by atoms with E-state index in [1.807, 2.05) is 49.2 Å². The van der Waals surface area contributed by atoms with E-state index in [4.69, 9.17) is 18.8 Å². The molecule has 4 aromatic rings. The zero-order valence-electron chi connectivity index (χ0n) is 23.6. The lowest BCUT2D eigenvalue weighted by atomic mass is 10.0. The van der Waals surface area contributed by atoms with Gasteiger partial charge in [-0.1, -0.05) is 22.4 Å². The van der Waals surface area contributed by atoms with Crippen molar-refractivity contribution in [3.05, 3.63) is 83.4 Å². The molecule has 1 amide bonds. The summed E-state index contributed by atoms with van der Waals surface area (Å²) in [5.74, 6) is 1.75. The van der Waals surface area contributed by atoms with Crippen LogP contribution in [-0.4, -0.2) is 72.6 Å². The van der Waals surface area contributed by atoms with Gasteiger partial charge in [-0.05, 0) is 73.6 Å². The number of aromatic nitrogens is 2. The first-order valence-electron chi connectivity index (χ1n) is 13.8. The highest BCUT2D eigenvalue weighted by atomic mass is 19.1.